The second kappa shape index (κ2) is 5.92. The number of nitrogens with one attached hydrogen (secondary N) is 1. The number of nitrogens with zero attached hydrogens (tertiary/aromatic N) is 3. The van der Waals surface area contributed by atoms with Crippen LogP contribution in [0.5, 0.6) is 0 Å². The third kappa shape index (κ3) is 3.46. The number of hydrogen-bond donors (Lipinski definition) is 1. The van der Waals surface area contributed by atoms with Gasteiger partial charge in [0, 0.05) is 24.5 Å². The predicted molar refractivity (Wildman–Crippen MR) is 83.1 cm³/mol. The van der Waals surface area contributed by atoms with Gasteiger partial charge in [-0.2, -0.15) is 10.4 Å². The Morgan fingerprint density at radius 3 is 2.86 bits per heavy atom. The highest BCUT2D eigenvalue weighted by atomic mass is 32.2. The average molecular weight is 298 g/mol. The molecule has 0 amide bonds. The number of aromatic nitrogens is 2. The zero-order valence-corrected chi connectivity index (χ0v) is 13.1. The van der Waals surface area contributed by atoms with E-state index < -0.39 is 0 Å². The van der Waals surface area contributed by atoms with Gasteiger partial charge in [0.15, 0.2) is 0 Å². The molecule has 1 aromatic carbocycles. The van der Waals surface area contributed by atoms with Gasteiger partial charge in [0.05, 0.1) is 16.3 Å². The normalized spacial score (nSPS) is 14.1. The van der Waals surface area contributed by atoms with Gasteiger partial charge in [0.2, 0.25) is 0 Å². The molecule has 1 aliphatic carbocycles. The molecule has 1 heterocycles. The Bertz CT molecular complexity index is 695. The molecule has 21 heavy (non-hydrogen) atoms. The van der Waals surface area contributed by atoms with Gasteiger partial charge < -0.3 is 5.32 Å². The molecule has 3 rings (SSSR count). The van der Waals surface area contributed by atoms with Crippen LogP contribution < -0.4 is 5.32 Å². The van der Waals surface area contributed by atoms with Crippen molar-refractivity contribution in [2.45, 2.75) is 42.3 Å². The van der Waals surface area contributed by atoms with E-state index in [-0.39, 0.29) is 0 Å². The first-order chi connectivity index (χ1) is 10.2. The quantitative estimate of drug-likeness (QED) is 0.922. The zero-order valence-electron chi connectivity index (χ0n) is 12.3. The summed E-state index contributed by atoms with van der Waals surface area (Å²) in [5.41, 5.74) is 2.89. The molecule has 0 spiro atoms. The number of rotatable bonds is 5. The van der Waals surface area contributed by atoms with E-state index in [0.717, 1.165) is 27.7 Å². The van der Waals surface area contributed by atoms with Crippen molar-refractivity contribution in [1.29, 1.82) is 5.26 Å². The molecule has 108 valence electrons. The van der Waals surface area contributed by atoms with Gasteiger partial charge in [-0.05, 0) is 43.5 Å². The summed E-state index contributed by atoms with van der Waals surface area (Å²) >= 11 is 1.59. The van der Waals surface area contributed by atoms with Crippen LogP contribution in [0, 0.1) is 18.3 Å². The second-order valence-electron chi connectivity index (χ2n) is 5.45. The van der Waals surface area contributed by atoms with Crippen LogP contribution in [0.4, 0.5) is 0 Å². The highest BCUT2D eigenvalue weighted by molar-refractivity contribution is 7.99. The summed E-state index contributed by atoms with van der Waals surface area (Å²) in [5.74, 6) is 0. The van der Waals surface area contributed by atoms with Crippen molar-refractivity contribution >= 4 is 11.8 Å². The van der Waals surface area contributed by atoms with Gasteiger partial charge in [-0.25, -0.2) is 0 Å². The number of aryl methyl sites for hydroxylation is 2. The molecule has 1 aromatic heterocycles. The topological polar surface area (TPSA) is 53.6 Å². The minimum Gasteiger partial charge on any atom is -0.310 e. The Labute approximate surface area is 129 Å². The smallest absolute Gasteiger partial charge is 0.100 e. The molecule has 0 bridgehead atoms. The van der Waals surface area contributed by atoms with Gasteiger partial charge in [-0.1, -0.05) is 17.8 Å². The largest absolute Gasteiger partial charge is 0.310 e. The Kier molecular flexibility index (Phi) is 4.00. The van der Waals surface area contributed by atoms with Crippen LogP contribution >= 0.6 is 11.8 Å². The maximum Gasteiger partial charge on any atom is 0.100 e. The molecule has 1 N–H and O–H groups in total. The summed E-state index contributed by atoms with van der Waals surface area (Å²) in [6.45, 7) is 2.82. The van der Waals surface area contributed by atoms with Crippen LogP contribution in [0.1, 0.15) is 29.7 Å². The van der Waals surface area contributed by atoms with Crippen LogP contribution in [0.3, 0.4) is 0 Å². The van der Waals surface area contributed by atoms with Gasteiger partial charge >= 0.3 is 0 Å². The third-order valence-electron chi connectivity index (χ3n) is 3.51. The van der Waals surface area contributed by atoms with Gasteiger partial charge in [0.25, 0.3) is 0 Å². The highest BCUT2D eigenvalue weighted by Gasteiger charge is 2.20. The van der Waals surface area contributed by atoms with Gasteiger partial charge in [0.1, 0.15) is 6.07 Å². The van der Waals surface area contributed by atoms with Crippen LogP contribution in [0.15, 0.2) is 34.2 Å². The van der Waals surface area contributed by atoms with E-state index in [9.17, 15) is 5.26 Å². The molecule has 5 heteroatoms. The van der Waals surface area contributed by atoms with E-state index in [0.29, 0.717) is 6.04 Å². The number of benzene rings is 1. The lowest BCUT2D eigenvalue weighted by Crippen LogP contribution is -2.15. The molecule has 0 aliphatic heterocycles. The lowest BCUT2D eigenvalue weighted by molar-refractivity contribution is 0.687. The van der Waals surface area contributed by atoms with Crippen LogP contribution in [-0.4, -0.2) is 15.8 Å². The van der Waals surface area contributed by atoms with Crippen LogP contribution in [0.2, 0.25) is 0 Å². The number of hydrogen-bond acceptors (Lipinski definition) is 4. The minimum absolute atomic E-state index is 0.682. The molecule has 1 saturated carbocycles. The van der Waals surface area contributed by atoms with E-state index in [2.05, 4.69) is 22.6 Å². The monoisotopic (exact) mass is 298 g/mol. The molecule has 1 fully saturated rings. The Hall–Kier alpha value is -1.77. The van der Waals surface area contributed by atoms with Crippen molar-refractivity contribution in [3.8, 4) is 6.07 Å². The van der Waals surface area contributed by atoms with Gasteiger partial charge in [-0.3, -0.25) is 4.68 Å². The van der Waals surface area contributed by atoms with Crippen LogP contribution in [0.25, 0.3) is 0 Å². The van der Waals surface area contributed by atoms with Crippen LogP contribution in [-0.2, 0) is 13.6 Å². The maximum absolute atomic E-state index is 9.38. The Morgan fingerprint density at radius 1 is 1.43 bits per heavy atom. The molecular formula is C16H18N4S. The lowest BCUT2D eigenvalue weighted by Gasteiger charge is -2.08. The number of nitriles is 1. The molecule has 4 nitrogen and oxygen atoms in total. The van der Waals surface area contributed by atoms with Crippen molar-refractivity contribution in [2.24, 2.45) is 7.05 Å². The first kappa shape index (κ1) is 14.2. The Morgan fingerprint density at radius 2 is 2.24 bits per heavy atom. The fourth-order valence-corrected chi connectivity index (χ4v) is 3.19. The average Bonchev–Trinajstić information content (AvgIpc) is 3.24. The van der Waals surface area contributed by atoms with Crippen molar-refractivity contribution in [1.82, 2.24) is 15.1 Å². The summed E-state index contributed by atoms with van der Waals surface area (Å²) in [6, 6.07) is 11.1. The fourth-order valence-electron chi connectivity index (χ4n) is 2.21. The SMILES string of the molecule is Cc1cc(Sc2ccc(CNC3CC3)cc2C#N)n(C)n1. The molecule has 0 saturated heterocycles. The lowest BCUT2D eigenvalue weighted by atomic mass is 10.1. The summed E-state index contributed by atoms with van der Waals surface area (Å²) in [5, 5.41) is 18.2. The first-order valence-electron chi connectivity index (χ1n) is 7.10. The molecule has 2 aromatic rings. The first-order valence-corrected chi connectivity index (χ1v) is 7.92. The maximum atomic E-state index is 9.38. The fraction of sp³-hybridized carbons (Fsp3) is 0.375. The third-order valence-corrected chi connectivity index (χ3v) is 4.68. The zero-order chi connectivity index (χ0) is 14.8. The molecule has 0 atom stereocenters. The highest BCUT2D eigenvalue weighted by Crippen LogP contribution is 2.31. The van der Waals surface area contributed by atoms with Crippen molar-refractivity contribution in [3.05, 3.63) is 41.1 Å². The minimum atomic E-state index is 0.682. The predicted octanol–water partition coefficient (Wildman–Crippen LogP) is 3.00. The molecular weight excluding hydrogens is 280 g/mol. The summed E-state index contributed by atoms with van der Waals surface area (Å²) in [6.07, 6.45) is 2.55. The van der Waals surface area contributed by atoms with E-state index in [1.54, 1.807) is 11.8 Å². The standard InChI is InChI=1S/C16H18N4S/c1-11-7-16(20(2)19-11)21-15-6-3-12(8-13(15)9-17)10-18-14-4-5-14/h3,6-8,14,18H,4-5,10H2,1-2H3. The second-order valence-corrected chi connectivity index (χ2v) is 6.51. The van der Waals surface area contributed by atoms with E-state index in [4.69, 9.17) is 0 Å². The van der Waals surface area contributed by atoms with E-state index in [1.165, 1.54) is 18.4 Å². The molecule has 1 aliphatic rings. The summed E-state index contributed by atoms with van der Waals surface area (Å²) < 4.78 is 1.85. The summed E-state index contributed by atoms with van der Waals surface area (Å²) in [4.78, 5) is 0.982. The summed E-state index contributed by atoms with van der Waals surface area (Å²) in [7, 11) is 1.93. The molecule has 0 radical (unpaired) electrons. The van der Waals surface area contributed by atoms with Crippen molar-refractivity contribution in [2.75, 3.05) is 0 Å². The van der Waals surface area contributed by atoms with E-state index >= 15 is 0 Å². The molecule has 0 unspecified atom stereocenters. The van der Waals surface area contributed by atoms with Gasteiger partial charge in [-0.15, -0.1) is 0 Å². The van der Waals surface area contributed by atoms with E-state index in [1.807, 2.05) is 36.9 Å². The van der Waals surface area contributed by atoms with Crippen molar-refractivity contribution < 1.29 is 0 Å². The van der Waals surface area contributed by atoms with Crippen molar-refractivity contribution in [3.63, 3.8) is 0 Å². The Balaban J connectivity index is 1.78.